The molecule has 5 heteroatoms. The predicted octanol–water partition coefficient (Wildman–Crippen LogP) is 2.94. The topological polar surface area (TPSA) is 58.5 Å². The van der Waals surface area contributed by atoms with Crippen molar-refractivity contribution in [3.63, 3.8) is 0 Å². The Labute approximate surface area is 121 Å². The lowest BCUT2D eigenvalue weighted by atomic mass is 10.1. The molecular formula is C15H11ClN2O2. The minimum atomic E-state index is -0.404. The van der Waals surface area contributed by atoms with Crippen molar-refractivity contribution in [1.29, 1.82) is 0 Å². The van der Waals surface area contributed by atoms with E-state index >= 15 is 0 Å². The molecule has 0 atom stereocenters. The van der Waals surface area contributed by atoms with Gasteiger partial charge in [-0.1, -0.05) is 41.9 Å². The van der Waals surface area contributed by atoms with Crippen LogP contribution in [0.2, 0.25) is 5.02 Å². The van der Waals surface area contributed by atoms with E-state index in [1.165, 1.54) is 0 Å². The lowest BCUT2D eigenvalue weighted by Gasteiger charge is -1.99. The molecule has 1 amide bonds. The van der Waals surface area contributed by atoms with E-state index in [2.05, 4.69) is 10.5 Å². The Hall–Kier alpha value is -2.46. The van der Waals surface area contributed by atoms with Gasteiger partial charge < -0.3 is 0 Å². The number of hydrazone groups is 1. The van der Waals surface area contributed by atoms with Crippen LogP contribution >= 0.6 is 11.6 Å². The van der Waals surface area contributed by atoms with Crippen molar-refractivity contribution in [2.24, 2.45) is 5.10 Å². The third kappa shape index (κ3) is 3.76. The van der Waals surface area contributed by atoms with Gasteiger partial charge in [0.2, 0.25) is 5.78 Å². The number of nitrogens with one attached hydrogen (secondary N) is 1. The Bertz CT molecular complexity index is 637. The highest BCUT2D eigenvalue weighted by Gasteiger charge is 2.04. The maximum absolute atomic E-state index is 11.7. The summed E-state index contributed by atoms with van der Waals surface area (Å²) in [5.41, 5.74) is 3.21. The van der Waals surface area contributed by atoms with Crippen LogP contribution in [0.3, 0.4) is 0 Å². The smallest absolute Gasteiger partial charge is 0.271 e. The first-order chi connectivity index (χ1) is 9.66. The van der Waals surface area contributed by atoms with Crippen LogP contribution in [-0.2, 0) is 0 Å². The molecule has 0 radical (unpaired) electrons. The second-order valence-corrected chi connectivity index (χ2v) is 4.37. The van der Waals surface area contributed by atoms with Crippen LogP contribution in [0.5, 0.6) is 0 Å². The van der Waals surface area contributed by atoms with Gasteiger partial charge in [0.1, 0.15) is 0 Å². The van der Waals surface area contributed by atoms with Gasteiger partial charge in [-0.05, 0) is 24.3 Å². The summed E-state index contributed by atoms with van der Waals surface area (Å²) in [5.74, 6) is -0.680. The van der Waals surface area contributed by atoms with Gasteiger partial charge in [0.15, 0.2) is 0 Å². The van der Waals surface area contributed by atoms with Crippen molar-refractivity contribution in [2.75, 3.05) is 0 Å². The average molecular weight is 287 g/mol. The Balaban J connectivity index is 1.95. The van der Waals surface area contributed by atoms with E-state index in [9.17, 15) is 9.59 Å². The van der Waals surface area contributed by atoms with Crippen LogP contribution in [0.15, 0.2) is 59.7 Å². The molecule has 0 aliphatic carbocycles. The fraction of sp³-hybridized carbons (Fsp3) is 0. The molecule has 2 aromatic rings. The summed E-state index contributed by atoms with van der Waals surface area (Å²) in [6.07, 6.45) is 1.07. The van der Waals surface area contributed by atoms with Crippen molar-refractivity contribution in [2.45, 2.75) is 0 Å². The van der Waals surface area contributed by atoms with Gasteiger partial charge in [-0.3, -0.25) is 9.59 Å². The number of amides is 1. The molecule has 2 rings (SSSR count). The molecular weight excluding hydrogens is 276 g/mol. The number of carbonyl (C=O) groups is 2. The summed E-state index contributed by atoms with van der Waals surface area (Å²) in [6.45, 7) is 0. The molecule has 0 spiro atoms. The Morgan fingerprint density at radius 1 is 0.950 bits per heavy atom. The first-order valence-electron chi connectivity index (χ1n) is 5.85. The zero-order chi connectivity index (χ0) is 14.4. The summed E-state index contributed by atoms with van der Waals surface area (Å²) in [4.78, 5) is 23.4. The number of nitrogens with zero attached hydrogens (tertiary/aromatic N) is 1. The fourth-order valence-corrected chi connectivity index (χ4v) is 1.62. The molecule has 2 aromatic carbocycles. The highest BCUT2D eigenvalue weighted by atomic mass is 35.5. The average Bonchev–Trinajstić information content (AvgIpc) is 2.48. The van der Waals surface area contributed by atoms with E-state index in [-0.39, 0.29) is 5.78 Å². The highest BCUT2D eigenvalue weighted by molar-refractivity contribution is 6.35. The molecule has 0 aliphatic rings. The molecule has 0 saturated carbocycles. The molecule has 0 bridgehead atoms. The van der Waals surface area contributed by atoms with Gasteiger partial charge in [0.05, 0.1) is 6.21 Å². The Kier molecular flexibility index (Phi) is 4.63. The number of halogens is 1. The van der Waals surface area contributed by atoms with Crippen molar-refractivity contribution in [3.8, 4) is 0 Å². The third-order valence-corrected chi connectivity index (χ3v) is 2.76. The number of Topliss-reactive ketones (excluding diaryl/α,β-unsaturated/α-hetero) is 1. The summed E-state index contributed by atoms with van der Waals surface area (Å²) in [7, 11) is 0. The fourth-order valence-electron chi connectivity index (χ4n) is 1.49. The molecule has 100 valence electrons. The quantitative estimate of drug-likeness (QED) is 0.534. The number of ketones is 1. The van der Waals surface area contributed by atoms with Crippen LogP contribution in [-0.4, -0.2) is 17.9 Å². The number of carbonyl (C=O) groups excluding carboxylic acids is 2. The SMILES string of the molecule is O=C(/C=N/NC(=O)c1ccc(Cl)cc1)c1ccccc1. The number of hydrogen-bond acceptors (Lipinski definition) is 3. The van der Waals surface area contributed by atoms with Gasteiger partial charge in [0.25, 0.3) is 5.91 Å². The van der Waals surface area contributed by atoms with E-state index in [4.69, 9.17) is 11.6 Å². The highest BCUT2D eigenvalue weighted by Crippen LogP contribution is 2.09. The molecule has 0 fully saturated rings. The van der Waals surface area contributed by atoms with Crippen LogP contribution in [0, 0.1) is 0 Å². The second kappa shape index (κ2) is 6.63. The van der Waals surface area contributed by atoms with E-state index < -0.39 is 5.91 Å². The largest absolute Gasteiger partial charge is 0.287 e. The molecule has 20 heavy (non-hydrogen) atoms. The van der Waals surface area contributed by atoms with E-state index in [1.54, 1.807) is 48.5 Å². The number of benzene rings is 2. The normalized spacial score (nSPS) is 10.4. The van der Waals surface area contributed by atoms with Gasteiger partial charge >= 0.3 is 0 Å². The minimum Gasteiger partial charge on any atom is -0.287 e. The molecule has 0 saturated heterocycles. The maximum atomic E-state index is 11.7. The van der Waals surface area contributed by atoms with Crippen LogP contribution in [0.1, 0.15) is 20.7 Å². The monoisotopic (exact) mass is 286 g/mol. The molecule has 0 aliphatic heterocycles. The first kappa shape index (κ1) is 14.0. The number of hydrogen-bond donors (Lipinski definition) is 1. The first-order valence-corrected chi connectivity index (χ1v) is 6.23. The van der Waals surface area contributed by atoms with Crippen molar-refractivity contribution >= 4 is 29.5 Å². The van der Waals surface area contributed by atoms with Gasteiger partial charge in [0, 0.05) is 16.1 Å². The Morgan fingerprint density at radius 2 is 1.60 bits per heavy atom. The standard InChI is InChI=1S/C15H11ClN2O2/c16-13-8-6-12(7-9-13)15(20)18-17-10-14(19)11-4-2-1-3-5-11/h1-10H,(H,18,20)/b17-10+. The summed E-state index contributed by atoms with van der Waals surface area (Å²) < 4.78 is 0. The zero-order valence-electron chi connectivity index (χ0n) is 10.4. The summed E-state index contributed by atoms with van der Waals surface area (Å²) in [6, 6.07) is 15.0. The van der Waals surface area contributed by atoms with E-state index in [1.807, 2.05) is 6.07 Å². The summed E-state index contributed by atoms with van der Waals surface area (Å²) in [5, 5.41) is 4.18. The third-order valence-electron chi connectivity index (χ3n) is 2.51. The van der Waals surface area contributed by atoms with Crippen LogP contribution in [0.4, 0.5) is 0 Å². The van der Waals surface area contributed by atoms with Crippen LogP contribution in [0.25, 0.3) is 0 Å². The molecule has 0 unspecified atom stereocenters. The van der Waals surface area contributed by atoms with Crippen molar-refractivity contribution < 1.29 is 9.59 Å². The predicted molar refractivity (Wildman–Crippen MR) is 78.2 cm³/mol. The van der Waals surface area contributed by atoms with Crippen molar-refractivity contribution in [3.05, 3.63) is 70.7 Å². The van der Waals surface area contributed by atoms with Crippen LogP contribution < -0.4 is 5.43 Å². The molecule has 4 nitrogen and oxygen atoms in total. The van der Waals surface area contributed by atoms with Gasteiger partial charge in [-0.15, -0.1) is 0 Å². The minimum absolute atomic E-state index is 0.276. The lowest BCUT2D eigenvalue weighted by Crippen LogP contribution is -2.18. The number of rotatable bonds is 4. The summed E-state index contributed by atoms with van der Waals surface area (Å²) >= 11 is 5.72. The molecule has 0 heterocycles. The second-order valence-electron chi connectivity index (χ2n) is 3.94. The van der Waals surface area contributed by atoms with Gasteiger partial charge in [-0.25, -0.2) is 5.43 Å². The van der Waals surface area contributed by atoms with E-state index in [0.717, 1.165) is 6.21 Å². The Morgan fingerprint density at radius 3 is 2.25 bits per heavy atom. The maximum Gasteiger partial charge on any atom is 0.271 e. The molecule has 0 aromatic heterocycles. The van der Waals surface area contributed by atoms with E-state index in [0.29, 0.717) is 16.1 Å². The van der Waals surface area contributed by atoms with Gasteiger partial charge in [-0.2, -0.15) is 5.10 Å². The lowest BCUT2D eigenvalue weighted by molar-refractivity contribution is 0.0955. The molecule has 1 N–H and O–H groups in total. The van der Waals surface area contributed by atoms with Crippen molar-refractivity contribution in [1.82, 2.24) is 5.43 Å². The zero-order valence-corrected chi connectivity index (χ0v) is 11.2.